The summed E-state index contributed by atoms with van der Waals surface area (Å²) in [6.07, 6.45) is 1.18. The van der Waals surface area contributed by atoms with Crippen LogP contribution in [0.3, 0.4) is 0 Å². The zero-order chi connectivity index (χ0) is 22.1. The number of benzene rings is 3. The maximum Gasteiger partial charge on any atom is 0.270 e. The van der Waals surface area contributed by atoms with Gasteiger partial charge in [0.2, 0.25) is 5.91 Å². The van der Waals surface area contributed by atoms with E-state index in [9.17, 15) is 13.2 Å². The van der Waals surface area contributed by atoms with Crippen molar-refractivity contribution >= 4 is 15.9 Å². The van der Waals surface area contributed by atoms with Gasteiger partial charge in [0.05, 0.1) is 10.3 Å². The number of hydrogen-bond acceptors (Lipinski definition) is 3. The molecule has 5 heteroatoms. The summed E-state index contributed by atoms with van der Waals surface area (Å²) in [4.78, 5) is 13.9. The number of carbonyl (C=O) groups excluding carboxylic acids is 1. The molecule has 0 radical (unpaired) electrons. The highest BCUT2D eigenvalue weighted by atomic mass is 32.2. The van der Waals surface area contributed by atoms with E-state index in [4.69, 9.17) is 0 Å². The van der Waals surface area contributed by atoms with Crippen molar-refractivity contribution in [2.45, 2.75) is 31.1 Å². The number of carbonyl (C=O) groups is 1. The first-order valence-corrected chi connectivity index (χ1v) is 11.7. The van der Waals surface area contributed by atoms with Gasteiger partial charge in [-0.25, -0.2) is 12.7 Å². The van der Waals surface area contributed by atoms with Crippen LogP contribution in [0.5, 0.6) is 0 Å². The maximum absolute atomic E-state index is 13.8. The second-order valence-corrected chi connectivity index (χ2v) is 10.0. The number of hydrogen-bond donors (Lipinski definition) is 0. The molecule has 0 unspecified atom stereocenters. The molecule has 4 nitrogen and oxygen atoms in total. The van der Waals surface area contributed by atoms with E-state index in [0.717, 1.165) is 21.0 Å². The highest BCUT2D eigenvalue weighted by molar-refractivity contribution is 7.89. The lowest BCUT2D eigenvalue weighted by atomic mass is 9.75. The standard InChI is InChI=1S/C26H25NO3S/c1-20-13-15-24(16-14-20)31(29,30)27-21(2)17-26(25(27)28,18-22-9-5-3-6-10-22)19-23-11-7-4-8-12-23/h3-16H,2,17-19H2,1H3. The first-order valence-electron chi connectivity index (χ1n) is 10.2. The van der Waals surface area contributed by atoms with Crippen molar-refractivity contribution in [1.82, 2.24) is 4.31 Å². The van der Waals surface area contributed by atoms with Gasteiger partial charge in [0.1, 0.15) is 0 Å². The van der Waals surface area contributed by atoms with Crippen molar-refractivity contribution in [3.63, 3.8) is 0 Å². The summed E-state index contributed by atoms with van der Waals surface area (Å²) >= 11 is 0. The predicted octanol–water partition coefficient (Wildman–Crippen LogP) is 4.90. The summed E-state index contributed by atoms with van der Waals surface area (Å²) in [5.41, 5.74) is 2.35. The van der Waals surface area contributed by atoms with Crippen LogP contribution in [0.2, 0.25) is 0 Å². The lowest BCUT2D eigenvalue weighted by Crippen LogP contribution is -2.40. The maximum atomic E-state index is 13.8. The van der Waals surface area contributed by atoms with Gasteiger partial charge < -0.3 is 0 Å². The van der Waals surface area contributed by atoms with Crippen LogP contribution in [0.4, 0.5) is 0 Å². The van der Waals surface area contributed by atoms with Crippen LogP contribution in [-0.2, 0) is 27.7 Å². The molecule has 3 aromatic carbocycles. The number of allylic oxidation sites excluding steroid dienone is 1. The molecular formula is C26H25NO3S. The van der Waals surface area contributed by atoms with Gasteiger partial charge in [-0.2, -0.15) is 0 Å². The molecule has 0 atom stereocenters. The van der Waals surface area contributed by atoms with Gasteiger partial charge in [-0.15, -0.1) is 0 Å². The third kappa shape index (κ3) is 4.06. The van der Waals surface area contributed by atoms with Gasteiger partial charge in [-0.3, -0.25) is 4.79 Å². The Hall–Kier alpha value is -3.18. The Bertz CT molecular complexity index is 1160. The van der Waals surface area contributed by atoms with Crippen LogP contribution in [0.25, 0.3) is 0 Å². The molecular weight excluding hydrogens is 406 g/mol. The molecule has 1 aliphatic rings. The predicted molar refractivity (Wildman–Crippen MR) is 122 cm³/mol. The second-order valence-electron chi connectivity index (χ2n) is 8.24. The number of sulfonamides is 1. The quantitative estimate of drug-likeness (QED) is 0.558. The summed E-state index contributed by atoms with van der Waals surface area (Å²) in [5, 5.41) is 0. The van der Waals surface area contributed by atoms with Gasteiger partial charge in [-0.1, -0.05) is 84.9 Å². The SMILES string of the molecule is C=C1CC(Cc2ccccc2)(Cc2ccccc2)C(=O)N1S(=O)(=O)c1ccc(C)cc1. The third-order valence-corrected chi connectivity index (χ3v) is 7.57. The first kappa shape index (κ1) is 21.1. The molecule has 0 bridgehead atoms. The molecule has 0 aliphatic carbocycles. The highest BCUT2D eigenvalue weighted by Gasteiger charge is 2.52. The smallest absolute Gasteiger partial charge is 0.270 e. The average molecular weight is 432 g/mol. The Morgan fingerprint density at radius 2 is 1.32 bits per heavy atom. The van der Waals surface area contributed by atoms with E-state index in [0.29, 0.717) is 25.0 Å². The van der Waals surface area contributed by atoms with Crippen molar-refractivity contribution in [2.24, 2.45) is 5.41 Å². The molecule has 3 aromatic rings. The van der Waals surface area contributed by atoms with Crippen LogP contribution >= 0.6 is 0 Å². The molecule has 1 heterocycles. The normalized spacial score (nSPS) is 16.0. The molecule has 1 saturated heterocycles. The van der Waals surface area contributed by atoms with Crippen molar-refractivity contribution in [3.8, 4) is 0 Å². The third-order valence-electron chi connectivity index (χ3n) is 5.80. The van der Waals surface area contributed by atoms with E-state index in [2.05, 4.69) is 6.58 Å². The zero-order valence-corrected chi connectivity index (χ0v) is 18.3. The second kappa shape index (κ2) is 8.16. The topological polar surface area (TPSA) is 54.5 Å². The largest absolute Gasteiger partial charge is 0.273 e. The molecule has 158 valence electrons. The number of rotatable bonds is 6. The molecule has 31 heavy (non-hydrogen) atoms. The highest BCUT2D eigenvalue weighted by Crippen LogP contribution is 2.45. The van der Waals surface area contributed by atoms with E-state index in [1.54, 1.807) is 24.3 Å². The van der Waals surface area contributed by atoms with Crippen molar-refractivity contribution in [1.29, 1.82) is 0 Å². The minimum absolute atomic E-state index is 0.0998. The Kier molecular flexibility index (Phi) is 5.54. The molecule has 4 rings (SSSR count). The summed E-state index contributed by atoms with van der Waals surface area (Å²) in [7, 11) is -4.03. The van der Waals surface area contributed by atoms with Crippen LogP contribution in [0, 0.1) is 12.3 Å². The van der Waals surface area contributed by atoms with Crippen molar-refractivity contribution in [3.05, 3.63) is 114 Å². The molecule has 1 fully saturated rings. The molecule has 0 aromatic heterocycles. The van der Waals surface area contributed by atoms with Crippen LogP contribution in [0.15, 0.2) is 102 Å². The lowest BCUT2D eigenvalue weighted by Gasteiger charge is -2.28. The van der Waals surface area contributed by atoms with E-state index in [1.165, 1.54) is 0 Å². The van der Waals surface area contributed by atoms with Crippen molar-refractivity contribution < 1.29 is 13.2 Å². The van der Waals surface area contributed by atoms with Crippen molar-refractivity contribution in [2.75, 3.05) is 0 Å². The van der Waals surface area contributed by atoms with Gasteiger partial charge in [0, 0.05) is 12.1 Å². The van der Waals surface area contributed by atoms with E-state index >= 15 is 0 Å². The van der Waals surface area contributed by atoms with Crippen LogP contribution in [0.1, 0.15) is 23.1 Å². The lowest BCUT2D eigenvalue weighted by molar-refractivity contribution is -0.131. The Morgan fingerprint density at radius 1 is 0.839 bits per heavy atom. The van der Waals surface area contributed by atoms with Gasteiger partial charge in [0.25, 0.3) is 10.0 Å². The van der Waals surface area contributed by atoms with Gasteiger partial charge in [0.15, 0.2) is 0 Å². The summed E-state index contributed by atoms with van der Waals surface area (Å²) in [5.74, 6) is -0.411. The minimum atomic E-state index is -4.03. The fourth-order valence-corrected chi connectivity index (χ4v) is 5.81. The summed E-state index contributed by atoms with van der Waals surface area (Å²) in [6.45, 7) is 5.89. The zero-order valence-electron chi connectivity index (χ0n) is 17.5. The van der Waals surface area contributed by atoms with Gasteiger partial charge in [-0.05, 0) is 43.0 Å². The summed E-state index contributed by atoms with van der Waals surface area (Å²) in [6, 6.07) is 26.0. The van der Waals surface area contributed by atoms with Crippen LogP contribution < -0.4 is 0 Å². The van der Waals surface area contributed by atoms with E-state index in [1.807, 2.05) is 67.6 Å². The molecule has 1 amide bonds. The fraction of sp³-hybridized carbons (Fsp3) is 0.192. The number of nitrogens with zero attached hydrogens (tertiary/aromatic N) is 1. The number of aryl methyl sites for hydroxylation is 1. The Morgan fingerprint density at radius 3 is 1.81 bits per heavy atom. The Balaban J connectivity index is 1.76. The molecule has 0 spiro atoms. The molecule has 0 saturated carbocycles. The van der Waals surface area contributed by atoms with E-state index in [-0.39, 0.29) is 4.90 Å². The van der Waals surface area contributed by atoms with Gasteiger partial charge >= 0.3 is 0 Å². The minimum Gasteiger partial charge on any atom is -0.273 e. The molecule has 0 N–H and O–H groups in total. The summed E-state index contributed by atoms with van der Waals surface area (Å²) < 4.78 is 27.7. The van der Waals surface area contributed by atoms with Crippen LogP contribution in [-0.4, -0.2) is 18.6 Å². The molecule has 1 aliphatic heterocycles. The monoisotopic (exact) mass is 431 g/mol. The number of amides is 1. The first-order chi connectivity index (χ1) is 14.8. The average Bonchev–Trinajstić information content (AvgIpc) is 2.99. The Labute approximate surface area is 183 Å². The van der Waals surface area contributed by atoms with E-state index < -0.39 is 21.3 Å². The fourth-order valence-electron chi connectivity index (χ4n) is 4.30.